The monoisotopic (exact) mass is 391 g/mol. The van der Waals surface area contributed by atoms with Gasteiger partial charge in [0, 0.05) is 37.3 Å². The Morgan fingerprint density at radius 2 is 1.89 bits per heavy atom. The number of benzene rings is 1. The van der Waals surface area contributed by atoms with Gasteiger partial charge in [0.25, 0.3) is 5.91 Å². The number of anilines is 1. The largest absolute Gasteiger partial charge is 0.378 e. The third-order valence-electron chi connectivity index (χ3n) is 5.83. The van der Waals surface area contributed by atoms with Gasteiger partial charge in [-0.2, -0.15) is 0 Å². The van der Waals surface area contributed by atoms with Gasteiger partial charge in [0.2, 0.25) is 5.91 Å². The molecule has 4 rings (SSSR count). The van der Waals surface area contributed by atoms with Gasteiger partial charge in [-0.15, -0.1) is 0 Å². The molecule has 2 bridgehead atoms. The van der Waals surface area contributed by atoms with Crippen molar-refractivity contribution in [1.82, 2.24) is 10.2 Å². The molecular weight excluding hydrogens is 366 g/mol. The molecule has 7 heteroatoms. The van der Waals surface area contributed by atoms with Crippen LogP contribution in [0.2, 0.25) is 5.02 Å². The van der Waals surface area contributed by atoms with Gasteiger partial charge in [-0.1, -0.05) is 11.6 Å². The highest BCUT2D eigenvalue weighted by atomic mass is 35.5. The first-order chi connectivity index (χ1) is 13.1. The molecule has 6 nitrogen and oxygen atoms in total. The second kappa shape index (κ2) is 8.17. The van der Waals surface area contributed by atoms with Crippen molar-refractivity contribution in [2.45, 2.75) is 44.2 Å². The molecule has 146 valence electrons. The fourth-order valence-electron chi connectivity index (χ4n) is 4.52. The number of rotatable bonds is 4. The highest BCUT2D eigenvalue weighted by molar-refractivity contribution is 6.34. The Morgan fingerprint density at radius 3 is 2.56 bits per heavy atom. The number of amides is 2. The van der Waals surface area contributed by atoms with Gasteiger partial charge in [-0.05, 0) is 49.8 Å². The van der Waals surface area contributed by atoms with Gasteiger partial charge in [-0.25, -0.2) is 0 Å². The summed E-state index contributed by atoms with van der Waals surface area (Å²) in [5, 5.41) is 6.90. The number of piperidine rings is 1. The maximum atomic E-state index is 12.6. The van der Waals surface area contributed by atoms with E-state index in [9.17, 15) is 9.59 Å². The Hall–Kier alpha value is -1.63. The number of nitrogens with one attached hydrogen (secondary N) is 2. The third-order valence-corrected chi connectivity index (χ3v) is 6.14. The zero-order chi connectivity index (χ0) is 18.8. The number of hydrogen-bond acceptors (Lipinski definition) is 4. The molecule has 0 saturated carbocycles. The second-order valence-electron chi connectivity index (χ2n) is 7.83. The Kier molecular flexibility index (Phi) is 5.66. The molecule has 2 amide bonds. The molecule has 3 aliphatic rings. The van der Waals surface area contributed by atoms with E-state index in [-0.39, 0.29) is 11.8 Å². The lowest BCUT2D eigenvalue weighted by molar-refractivity contribution is -0.117. The van der Waals surface area contributed by atoms with Gasteiger partial charge >= 0.3 is 0 Å². The summed E-state index contributed by atoms with van der Waals surface area (Å²) >= 11 is 6.33. The highest BCUT2D eigenvalue weighted by Gasteiger charge is 2.34. The van der Waals surface area contributed by atoms with Crippen LogP contribution in [-0.2, 0) is 9.53 Å². The molecule has 0 spiro atoms. The minimum absolute atomic E-state index is 0.0182. The van der Waals surface area contributed by atoms with Gasteiger partial charge < -0.3 is 20.3 Å². The topological polar surface area (TPSA) is 70.7 Å². The number of nitrogens with zero attached hydrogens (tertiary/aromatic N) is 1. The normalized spacial score (nSPS) is 27.4. The quantitative estimate of drug-likeness (QED) is 0.827. The maximum absolute atomic E-state index is 12.6. The number of fused-ring (bicyclic) bond motifs is 2. The van der Waals surface area contributed by atoms with Crippen molar-refractivity contribution in [1.29, 1.82) is 0 Å². The molecule has 2 unspecified atom stereocenters. The number of halogens is 1. The summed E-state index contributed by atoms with van der Waals surface area (Å²) in [5.74, 6) is 0.373. The molecule has 3 aliphatic heterocycles. The van der Waals surface area contributed by atoms with Gasteiger partial charge in [-0.3, -0.25) is 9.59 Å². The highest BCUT2D eigenvalue weighted by Crippen LogP contribution is 2.33. The van der Waals surface area contributed by atoms with Crippen LogP contribution in [0.5, 0.6) is 0 Å². The Morgan fingerprint density at radius 1 is 1.19 bits per heavy atom. The molecule has 27 heavy (non-hydrogen) atoms. The van der Waals surface area contributed by atoms with E-state index in [1.807, 2.05) is 0 Å². The molecule has 0 radical (unpaired) electrons. The van der Waals surface area contributed by atoms with Crippen molar-refractivity contribution in [3.8, 4) is 0 Å². The first-order valence-electron chi connectivity index (χ1n) is 9.81. The third kappa shape index (κ3) is 4.45. The first kappa shape index (κ1) is 18.7. The molecular formula is C20H26ClN3O3. The van der Waals surface area contributed by atoms with E-state index in [2.05, 4.69) is 10.6 Å². The zero-order valence-corrected chi connectivity index (χ0v) is 16.1. The Labute approximate surface area is 164 Å². The van der Waals surface area contributed by atoms with Crippen LogP contribution >= 0.6 is 11.6 Å². The van der Waals surface area contributed by atoms with Crippen LogP contribution in [0.15, 0.2) is 18.2 Å². The minimum atomic E-state index is -0.0913. The van der Waals surface area contributed by atoms with Crippen LogP contribution in [-0.4, -0.2) is 55.1 Å². The average Bonchev–Trinajstić information content (AvgIpc) is 3.00. The summed E-state index contributed by atoms with van der Waals surface area (Å²) in [6.45, 7) is 2.25. The van der Waals surface area contributed by atoms with Crippen molar-refractivity contribution in [2.24, 2.45) is 5.92 Å². The Bertz CT molecular complexity index is 708. The molecule has 0 aromatic heterocycles. The van der Waals surface area contributed by atoms with E-state index in [4.69, 9.17) is 16.3 Å². The number of morpholine rings is 1. The fourth-order valence-corrected chi connectivity index (χ4v) is 4.78. The zero-order valence-electron chi connectivity index (χ0n) is 15.4. The van der Waals surface area contributed by atoms with E-state index in [0.717, 1.165) is 12.8 Å². The van der Waals surface area contributed by atoms with Crippen molar-refractivity contribution in [2.75, 3.05) is 31.6 Å². The Balaban J connectivity index is 1.34. The summed E-state index contributed by atoms with van der Waals surface area (Å²) in [4.78, 5) is 26.7. The van der Waals surface area contributed by atoms with Crippen LogP contribution < -0.4 is 10.6 Å². The van der Waals surface area contributed by atoms with E-state index in [1.165, 1.54) is 12.8 Å². The summed E-state index contributed by atoms with van der Waals surface area (Å²) in [7, 11) is 0. The molecule has 3 saturated heterocycles. The smallest absolute Gasteiger partial charge is 0.255 e. The summed E-state index contributed by atoms with van der Waals surface area (Å²) in [6, 6.07) is 6.28. The van der Waals surface area contributed by atoms with Crippen molar-refractivity contribution in [3.63, 3.8) is 0 Å². The van der Waals surface area contributed by atoms with Gasteiger partial charge in [0.15, 0.2) is 0 Å². The van der Waals surface area contributed by atoms with E-state index < -0.39 is 0 Å². The molecule has 2 N–H and O–H groups in total. The molecule has 0 aliphatic carbocycles. The lowest BCUT2D eigenvalue weighted by Gasteiger charge is -2.28. The SMILES string of the molecule is O=C(CC1CC2CCC(C1)N2)Nc1ccc(C(=O)N2CCOCC2)c(Cl)c1. The lowest BCUT2D eigenvalue weighted by Crippen LogP contribution is -2.40. The molecule has 2 atom stereocenters. The minimum Gasteiger partial charge on any atom is -0.378 e. The second-order valence-corrected chi connectivity index (χ2v) is 8.23. The van der Waals surface area contributed by atoms with Crippen LogP contribution in [0.4, 0.5) is 5.69 Å². The lowest BCUT2D eigenvalue weighted by atomic mass is 9.89. The fraction of sp³-hybridized carbons (Fsp3) is 0.600. The summed E-state index contributed by atoms with van der Waals surface area (Å²) < 4.78 is 5.28. The van der Waals surface area contributed by atoms with Crippen molar-refractivity contribution < 1.29 is 14.3 Å². The predicted octanol–water partition coefficient (Wildman–Crippen LogP) is 2.67. The number of ether oxygens (including phenoxy) is 1. The average molecular weight is 392 g/mol. The predicted molar refractivity (Wildman–Crippen MR) is 104 cm³/mol. The summed E-state index contributed by atoms with van der Waals surface area (Å²) in [5.41, 5.74) is 1.10. The van der Waals surface area contributed by atoms with Crippen molar-refractivity contribution in [3.05, 3.63) is 28.8 Å². The molecule has 3 heterocycles. The van der Waals surface area contributed by atoms with Gasteiger partial charge in [0.05, 0.1) is 23.8 Å². The van der Waals surface area contributed by atoms with Crippen LogP contribution in [0.3, 0.4) is 0 Å². The molecule has 3 fully saturated rings. The van der Waals surface area contributed by atoms with E-state index >= 15 is 0 Å². The maximum Gasteiger partial charge on any atom is 0.255 e. The molecule has 1 aromatic carbocycles. The van der Waals surface area contributed by atoms with Gasteiger partial charge in [0.1, 0.15) is 0 Å². The number of carbonyl (C=O) groups is 2. The van der Waals surface area contributed by atoms with Crippen LogP contribution in [0.1, 0.15) is 42.5 Å². The number of hydrogen-bond donors (Lipinski definition) is 2. The standard InChI is InChI=1S/C20H26ClN3O3/c21-18-12-16(3-4-17(18)20(26)24-5-7-27-8-6-24)23-19(25)11-13-9-14-1-2-15(10-13)22-14/h3-4,12-15,22H,1-2,5-11H2,(H,23,25). The summed E-state index contributed by atoms with van der Waals surface area (Å²) in [6.07, 6.45) is 5.17. The molecule has 1 aromatic rings. The number of carbonyl (C=O) groups excluding carboxylic acids is 2. The van der Waals surface area contributed by atoms with E-state index in [1.54, 1.807) is 23.1 Å². The first-order valence-corrected chi connectivity index (χ1v) is 10.2. The van der Waals surface area contributed by atoms with Crippen molar-refractivity contribution >= 4 is 29.1 Å². The van der Waals surface area contributed by atoms with E-state index in [0.29, 0.717) is 67.0 Å². The van der Waals surface area contributed by atoms with Crippen LogP contribution in [0, 0.1) is 5.92 Å². The van der Waals surface area contributed by atoms with Crippen LogP contribution in [0.25, 0.3) is 0 Å².